The zero-order valence-corrected chi connectivity index (χ0v) is 11.1. The van der Waals surface area contributed by atoms with Crippen LogP contribution in [0.5, 0.6) is 0 Å². The lowest BCUT2D eigenvalue weighted by molar-refractivity contribution is 0.0765. The minimum absolute atomic E-state index is 0.612. The highest BCUT2D eigenvalue weighted by molar-refractivity contribution is 5.78. The molecule has 0 radical (unpaired) electrons. The van der Waals surface area contributed by atoms with Gasteiger partial charge in [0.25, 0.3) is 0 Å². The van der Waals surface area contributed by atoms with Gasteiger partial charge >= 0.3 is 0 Å². The summed E-state index contributed by atoms with van der Waals surface area (Å²) in [4.78, 5) is 4.62. The molecule has 0 saturated carbocycles. The Morgan fingerprint density at radius 3 is 3.05 bits per heavy atom. The Kier molecular flexibility index (Phi) is 4.06. The summed E-state index contributed by atoms with van der Waals surface area (Å²) in [6.45, 7) is 3.69. The summed E-state index contributed by atoms with van der Waals surface area (Å²) in [6.07, 6.45) is 2.54. The number of hydrogen-bond donors (Lipinski definition) is 1. The first-order chi connectivity index (χ1) is 9.42. The second-order valence-electron chi connectivity index (χ2n) is 5.22. The molecule has 2 heterocycles. The predicted octanol–water partition coefficient (Wildman–Crippen LogP) is 2.75. The maximum Gasteiger partial charge on any atom is 0.0888 e. The van der Waals surface area contributed by atoms with Crippen LogP contribution in [0.15, 0.2) is 36.4 Å². The summed E-state index contributed by atoms with van der Waals surface area (Å²) in [7, 11) is 0. The fraction of sp³-hybridized carbons (Fsp3) is 0.438. The third kappa shape index (κ3) is 3.31. The van der Waals surface area contributed by atoms with Gasteiger partial charge in [-0.15, -0.1) is 0 Å². The molecule has 1 aliphatic rings. The number of hydrogen-bond acceptors (Lipinski definition) is 3. The van der Waals surface area contributed by atoms with E-state index in [9.17, 15) is 0 Å². The Labute approximate surface area is 114 Å². The molecule has 1 aromatic heterocycles. The maximum atomic E-state index is 5.81. The first-order valence-corrected chi connectivity index (χ1v) is 7.05. The second-order valence-corrected chi connectivity index (χ2v) is 5.22. The van der Waals surface area contributed by atoms with Crippen molar-refractivity contribution in [1.82, 2.24) is 10.3 Å². The lowest BCUT2D eigenvalue weighted by Gasteiger charge is -2.22. The van der Waals surface area contributed by atoms with Gasteiger partial charge in [0.05, 0.1) is 24.4 Å². The Bertz CT molecular complexity index is 535. The molecule has 0 amide bonds. The van der Waals surface area contributed by atoms with Crippen molar-refractivity contribution in [3.63, 3.8) is 0 Å². The SMILES string of the molecule is c1ccc2nc(COCC3CCCNC3)ccc2c1. The van der Waals surface area contributed by atoms with Crippen molar-refractivity contribution >= 4 is 10.9 Å². The van der Waals surface area contributed by atoms with Crippen LogP contribution >= 0.6 is 0 Å². The maximum absolute atomic E-state index is 5.81. The van der Waals surface area contributed by atoms with Crippen LogP contribution in [0.4, 0.5) is 0 Å². The van der Waals surface area contributed by atoms with E-state index in [0.717, 1.165) is 30.9 Å². The van der Waals surface area contributed by atoms with E-state index in [-0.39, 0.29) is 0 Å². The van der Waals surface area contributed by atoms with Crippen LogP contribution in [0, 0.1) is 5.92 Å². The smallest absolute Gasteiger partial charge is 0.0888 e. The summed E-state index contributed by atoms with van der Waals surface area (Å²) in [6, 6.07) is 12.4. The van der Waals surface area contributed by atoms with E-state index in [2.05, 4.69) is 28.5 Å². The molecule has 2 aromatic rings. The molecule has 0 spiro atoms. The highest BCUT2D eigenvalue weighted by atomic mass is 16.5. The molecule has 1 atom stereocenters. The summed E-state index contributed by atoms with van der Waals surface area (Å²) in [5.41, 5.74) is 2.06. The van der Waals surface area contributed by atoms with Crippen LogP contribution < -0.4 is 5.32 Å². The molecular formula is C16H20N2O. The molecule has 19 heavy (non-hydrogen) atoms. The van der Waals surface area contributed by atoms with Crippen LogP contribution in [0.3, 0.4) is 0 Å². The van der Waals surface area contributed by atoms with Crippen LogP contribution in [0.25, 0.3) is 10.9 Å². The van der Waals surface area contributed by atoms with Gasteiger partial charge in [0.15, 0.2) is 0 Å². The van der Waals surface area contributed by atoms with Gasteiger partial charge in [-0.1, -0.05) is 24.3 Å². The first kappa shape index (κ1) is 12.6. The van der Waals surface area contributed by atoms with Gasteiger partial charge in [0, 0.05) is 11.9 Å². The molecular weight excluding hydrogens is 236 g/mol. The third-order valence-corrected chi connectivity index (χ3v) is 3.66. The molecule has 1 saturated heterocycles. The minimum atomic E-state index is 0.612. The average Bonchev–Trinajstić information content (AvgIpc) is 2.48. The molecule has 1 N–H and O–H groups in total. The predicted molar refractivity (Wildman–Crippen MR) is 77.0 cm³/mol. The van der Waals surface area contributed by atoms with Gasteiger partial charge in [0.1, 0.15) is 0 Å². The largest absolute Gasteiger partial charge is 0.375 e. The molecule has 1 aromatic carbocycles. The van der Waals surface area contributed by atoms with E-state index in [1.807, 2.05) is 18.2 Å². The third-order valence-electron chi connectivity index (χ3n) is 3.66. The zero-order valence-electron chi connectivity index (χ0n) is 11.1. The highest BCUT2D eigenvalue weighted by Gasteiger charge is 2.12. The molecule has 1 fully saturated rings. The monoisotopic (exact) mass is 256 g/mol. The van der Waals surface area contributed by atoms with E-state index in [4.69, 9.17) is 4.74 Å². The Morgan fingerprint density at radius 1 is 1.21 bits per heavy atom. The lowest BCUT2D eigenvalue weighted by atomic mass is 10.0. The van der Waals surface area contributed by atoms with E-state index in [1.54, 1.807) is 0 Å². The molecule has 100 valence electrons. The number of rotatable bonds is 4. The number of ether oxygens (including phenoxy) is 1. The summed E-state index contributed by atoms with van der Waals surface area (Å²) >= 11 is 0. The normalized spacial score (nSPS) is 19.7. The van der Waals surface area contributed by atoms with E-state index in [1.165, 1.54) is 18.2 Å². The zero-order chi connectivity index (χ0) is 12.9. The molecule has 0 bridgehead atoms. The standard InChI is InChI=1S/C16H20N2O/c1-2-6-16-14(5-1)7-8-15(18-16)12-19-11-13-4-3-9-17-10-13/h1-2,5-8,13,17H,3-4,9-12H2. The molecule has 0 aliphatic carbocycles. The van der Waals surface area contributed by atoms with Gasteiger partial charge in [-0.25, -0.2) is 0 Å². The Morgan fingerprint density at radius 2 is 2.16 bits per heavy atom. The van der Waals surface area contributed by atoms with Crippen molar-refractivity contribution in [3.05, 3.63) is 42.1 Å². The van der Waals surface area contributed by atoms with Crippen LogP contribution in [-0.4, -0.2) is 24.7 Å². The lowest BCUT2D eigenvalue weighted by Crippen LogP contribution is -2.32. The fourth-order valence-electron chi connectivity index (χ4n) is 2.59. The molecule has 3 rings (SSSR count). The van der Waals surface area contributed by atoms with E-state index in [0.29, 0.717) is 12.5 Å². The molecule has 3 nitrogen and oxygen atoms in total. The van der Waals surface area contributed by atoms with Crippen molar-refractivity contribution in [1.29, 1.82) is 0 Å². The molecule has 1 aliphatic heterocycles. The van der Waals surface area contributed by atoms with Crippen LogP contribution in [0.2, 0.25) is 0 Å². The second kappa shape index (κ2) is 6.13. The van der Waals surface area contributed by atoms with Crippen LogP contribution in [0.1, 0.15) is 18.5 Å². The molecule has 3 heteroatoms. The van der Waals surface area contributed by atoms with Gasteiger partial charge in [-0.05, 0) is 37.4 Å². The summed E-state index contributed by atoms with van der Waals surface area (Å²) in [5.74, 6) is 0.661. The number of fused-ring (bicyclic) bond motifs is 1. The van der Waals surface area contributed by atoms with Crippen molar-refractivity contribution in [3.8, 4) is 0 Å². The fourth-order valence-corrected chi connectivity index (χ4v) is 2.59. The van der Waals surface area contributed by atoms with Crippen molar-refractivity contribution in [2.24, 2.45) is 5.92 Å². The summed E-state index contributed by atoms with van der Waals surface area (Å²) in [5, 5.41) is 4.60. The number of piperidine rings is 1. The van der Waals surface area contributed by atoms with Crippen LogP contribution in [-0.2, 0) is 11.3 Å². The first-order valence-electron chi connectivity index (χ1n) is 7.05. The van der Waals surface area contributed by atoms with E-state index >= 15 is 0 Å². The van der Waals surface area contributed by atoms with Crippen molar-refractivity contribution in [2.75, 3.05) is 19.7 Å². The topological polar surface area (TPSA) is 34.1 Å². The number of nitrogens with zero attached hydrogens (tertiary/aromatic N) is 1. The van der Waals surface area contributed by atoms with Gasteiger partial charge in [0.2, 0.25) is 0 Å². The van der Waals surface area contributed by atoms with Gasteiger partial charge in [-0.2, -0.15) is 0 Å². The number of nitrogens with one attached hydrogen (secondary N) is 1. The Balaban J connectivity index is 1.56. The Hall–Kier alpha value is -1.45. The number of aromatic nitrogens is 1. The number of benzene rings is 1. The van der Waals surface area contributed by atoms with E-state index < -0.39 is 0 Å². The van der Waals surface area contributed by atoms with Gasteiger partial charge in [-0.3, -0.25) is 4.98 Å². The van der Waals surface area contributed by atoms with Crippen molar-refractivity contribution < 1.29 is 4.74 Å². The quantitative estimate of drug-likeness (QED) is 0.913. The summed E-state index contributed by atoms with van der Waals surface area (Å²) < 4.78 is 5.81. The average molecular weight is 256 g/mol. The van der Waals surface area contributed by atoms with Crippen molar-refractivity contribution in [2.45, 2.75) is 19.4 Å². The van der Waals surface area contributed by atoms with Gasteiger partial charge < -0.3 is 10.1 Å². The molecule has 1 unspecified atom stereocenters. The number of pyridine rings is 1. The highest BCUT2D eigenvalue weighted by Crippen LogP contribution is 2.14. The number of para-hydroxylation sites is 1. The minimum Gasteiger partial charge on any atom is -0.375 e.